The molecule has 35 heavy (non-hydrogen) atoms. The van der Waals surface area contributed by atoms with Gasteiger partial charge in [0.2, 0.25) is 5.95 Å². The third-order valence-electron chi connectivity index (χ3n) is 5.90. The summed E-state index contributed by atoms with van der Waals surface area (Å²) in [5.74, 6) is -0.0948. The molecule has 9 nitrogen and oxygen atoms in total. The van der Waals surface area contributed by atoms with Gasteiger partial charge < -0.3 is 25.0 Å². The zero-order valence-electron chi connectivity index (χ0n) is 20.0. The van der Waals surface area contributed by atoms with Crippen molar-refractivity contribution in [1.82, 2.24) is 15.0 Å². The third-order valence-corrected chi connectivity index (χ3v) is 5.90. The Bertz CT molecular complexity index is 1260. The van der Waals surface area contributed by atoms with Crippen molar-refractivity contribution in [3.63, 3.8) is 0 Å². The Hall–Kier alpha value is -3.79. The average molecular weight is 479 g/mol. The predicted octanol–water partition coefficient (Wildman–Crippen LogP) is 4.14. The van der Waals surface area contributed by atoms with E-state index in [4.69, 9.17) is 9.47 Å². The number of morpholine rings is 1. The van der Waals surface area contributed by atoms with Crippen molar-refractivity contribution in [2.45, 2.75) is 45.5 Å². The number of carbonyl (C=O) groups excluding carboxylic acids is 1. The summed E-state index contributed by atoms with van der Waals surface area (Å²) in [4.78, 5) is 27.2. The second kappa shape index (κ2) is 8.77. The van der Waals surface area contributed by atoms with Gasteiger partial charge >= 0.3 is 0 Å². The second-order valence-electron chi connectivity index (χ2n) is 9.33. The molecule has 0 bridgehead atoms. The van der Waals surface area contributed by atoms with E-state index in [-0.39, 0.29) is 41.3 Å². The number of halogens is 1. The lowest BCUT2D eigenvalue weighted by Crippen LogP contribution is -2.46. The van der Waals surface area contributed by atoms with Gasteiger partial charge in [0.1, 0.15) is 5.69 Å². The molecule has 1 amide bonds. The van der Waals surface area contributed by atoms with Gasteiger partial charge in [-0.25, -0.2) is 19.3 Å². The second-order valence-corrected chi connectivity index (χ2v) is 9.33. The lowest BCUT2D eigenvalue weighted by Gasteiger charge is -2.36. The maximum Gasteiger partial charge on any atom is 0.269 e. The Morgan fingerprint density at radius 3 is 2.51 bits per heavy atom. The number of fused-ring (bicyclic) bond motifs is 1. The Labute approximate surface area is 202 Å². The van der Waals surface area contributed by atoms with E-state index in [2.05, 4.69) is 44.3 Å². The Kier molecular flexibility index (Phi) is 5.76. The SMILES string of the molecule is CC1CN(c2ccc(Nc3ncc(F)c(-c4ccc5c(n4)NC(=O)C(C)(C)O5)n3)cc2)CC(C)O1. The molecule has 5 rings (SSSR count). The molecular weight excluding hydrogens is 451 g/mol. The van der Waals surface area contributed by atoms with Crippen LogP contribution < -0.4 is 20.3 Å². The molecule has 1 fully saturated rings. The first-order valence-electron chi connectivity index (χ1n) is 11.5. The number of rotatable bonds is 4. The molecule has 2 N–H and O–H groups in total. The number of hydrogen-bond acceptors (Lipinski definition) is 8. The molecule has 4 heterocycles. The van der Waals surface area contributed by atoms with Crippen LogP contribution in [-0.2, 0) is 9.53 Å². The number of nitrogens with zero attached hydrogens (tertiary/aromatic N) is 4. The lowest BCUT2D eigenvalue weighted by atomic mass is 10.1. The molecule has 0 aliphatic carbocycles. The van der Waals surface area contributed by atoms with Gasteiger partial charge in [0.15, 0.2) is 23.0 Å². The van der Waals surface area contributed by atoms with Crippen LogP contribution in [0.1, 0.15) is 27.7 Å². The molecule has 1 saturated heterocycles. The number of amides is 1. The number of hydrogen-bond donors (Lipinski definition) is 2. The van der Waals surface area contributed by atoms with E-state index in [1.54, 1.807) is 26.0 Å². The topological polar surface area (TPSA) is 102 Å². The highest BCUT2D eigenvalue weighted by Crippen LogP contribution is 2.34. The zero-order chi connectivity index (χ0) is 24.7. The van der Waals surface area contributed by atoms with E-state index in [0.29, 0.717) is 5.75 Å². The highest BCUT2D eigenvalue weighted by atomic mass is 19.1. The van der Waals surface area contributed by atoms with Crippen LogP contribution >= 0.6 is 0 Å². The zero-order valence-corrected chi connectivity index (χ0v) is 20.0. The van der Waals surface area contributed by atoms with Crippen LogP contribution in [0.5, 0.6) is 5.75 Å². The van der Waals surface area contributed by atoms with Gasteiger partial charge in [-0.05, 0) is 64.1 Å². The largest absolute Gasteiger partial charge is 0.474 e. The minimum absolute atomic E-state index is 0.0114. The molecule has 1 aromatic carbocycles. The van der Waals surface area contributed by atoms with Gasteiger partial charge in [0.25, 0.3) is 5.91 Å². The summed E-state index contributed by atoms with van der Waals surface area (Å²) in [6.45, 7) is 9.13. The summed E-state index contributed by atoms with van der Waals surface area (Å²) in [6, 6.07) is 11.1. The Morgan fingerprint density at radius 1 is 1.09 bits per heavy atom. The first-order chi connectivity index (χ1) is 16.7. The molecule has 2 unspecified atom stereocenters. The standard InChI is InChI=1S/C25H27FN6O3/c1-14-12-32(13-15(2)34-14)17-7-5-16(6-8-17)28-24-27-11-18(26)21(30-24)19-9-10-20-22(29-19)31-23(33)25(3,4)35-20/h5-11,14-15H,12-13H2,1-4H3,(H,27,28,30)(H,29,31,33). The van der Waals surface area contributed by atoms with E-state index in [1.165, 1.54) is 0 Å². The molecule has 10 heteroatoms. The molecule has 0 radical (unpaired) electrons. The van der Waals surface area contributed by atoms with Gasteiger partial charge in [-0.1, -0.05) is 0 Å². The summed E-state index contributed by atoms with van der Waals surface area (Å²) in [6.07, 6.45) is 1.44. The Morgan fingerprint density at radius 2 is 1.80 bits per heavy atom. The molecule has 0 spiro atoms. The fourth-order valence-corrected chi connectivity index (χ4v) is 4.21. The fraction of sp³-hybridized carbons (Fsp3) is 0.360. The minimum Gasteiger partial charge on any atom is -0.474 e. The monoisotopic (exact) mass is 478 g/mol. The van der Waals surface area contributed by atoms with Crippen LogP contribution in [0, 0.1) is 5.82 Å². The smallest absolute Gasteiger partial charge is 0.269 e. The summed E-state index contributed by atoms with van der Waals surface area (Å²) < 4.78 is 26.1. The molecule has 3 aromatic rings. The fourth-order valence-electron chi connectivity index (χ4n) is 4.21. The highest BCUT2D eigenvalue weighted by molar-refractivity contribution is 5.99. The van der Waals surface area contributed by atoms with Crippen molar-refractivity contribution in [3.8, 4) is 17.1 Å². The van der Waals surface area contributed by atoms with Crippen LogP contribution in [-0.4, -0.2) is 51.8 Å². The number of carbonyl (C=O) groups is 1. The van der Waals surface area contributed by atoms with Gasteiger partial charge in [0.05, 0.1) is 24.1 Å². The van der Waals surface area contributed by atoms with Crippen LogP contribution in [0.25, 0.3) is 11.4 Å². The van der Waals surface area contributed by atoms with Gasteiger partial charge in [-0.3, -0.25) is 4.79 Å². The first-order valence-corrected chi connectivity index (χ1v) is 11.5. The number of anilines is 4. The maximum absolute atomic E-state index is 14.6. The van der Waals surface area contributed by atoms with Crippen molar-refractivity contribution < 1.29 is 18.7 Å². The van der Waals surface area contributed by atoms with Gasteiger partial charge in [0, 0.05) is 24.5 Å². The summed E-state index contributed by atoms with van der Waals surface area (Å²) in [7, 11) is 0. The summed E-state index contributed by atoms with van der Waals surface area (Å²) in [5, 5.41) is 5.82. The number of aromatic nitrogens is 3. The van der Waals surface area contributed by atoms with Crippen molar-refractivity contribution in [2.24, 2.45) is 0 Å². The highest BCUT2D eigenvalue weighted by Gasteiger charge is 2.36. The van der Waals surface area contributed by atoms with Crippen molar-refractivity contribution >= 4 is 29.0 Å². The quantitative estimate of drug-likeness (QED) is 0.577. The molecule has 0 saturated carbocycles. The first kappa shape index (κ1) is 23.0. The molecule has 2 atom stereocenters. The lowest BCUT2D eigenvalue weighted by molar-refractivity contribution is -0.129. The van der Waals surface area contributed by atoms with Crippen molar-refractivity contribution in [3.05, 3.63) is 48.4 Å². The Balaban J connectivity index is 1.35. The summed E-state index contributed by atoms with van der Waals surface area (Å²) in [5.41, 5.74) is 1.12. The molecular formula is C25H27FN6O3. The number of pyridine rings is 1. The van der Waals surface area contributed by atoms with E-state index >= 15 is 0 Å². The predicted molar refractivity (Wildman–Crippen MR) is 131 cm³/mol. The number of benzene rings is 1. The van der Waals surface area contributed by atoms with Crippen LogP contribution in [0.15, 0.2) is 42.6 Å². The molecule has 2 aromatic heterocycles. The maximum atomic E-state index is 14.6. The van der Waals surface area contributed by atoms with E-state index in [1.807, 2.05) is 24.3 Å². The number of ether oxygens (including phenoxy) is 2. The summed E-state index contributed by atoms with van der Waals surface area (Å²) >= 11 is 0. The molecule has 2 aliphatic rings. The third kappa shape index (κ3) is 4.74. The van der Waals surface area contributed by atoms with Gasteiger partial charge in [-0.2, -0.15) is 0 Å². The molecule has 182 valence electrons. The van der Waals surface area contributed by atoms with E-state index in [9.17, 15) is 9.18 Å². The normalized spacial score (nSPS) is 21.1. The average Bonchev–Trinajstić information content (AvgIpc) is 2.80. The van der Waals surface area contributed by atoms with Crippen molar-refractivity contribution in [1.29, 1.82) is 0 Å². The van der Waals surface area contributed by atoms with Crippen LogP contribution in [0.2, 0.25) is 0 Å². The van der Waals surface area contributed by atoms with E-state index < -0.39 is 11.4 Å². The van der Waals surface area contributed by atoms with E-state index in [0.717, 1.165) is 30.7 Å². The van der Waals surface area contributed by atoms with Crippen LogP contribution in [0.4, 0.5) is 27.5 Å². The van der Waals surface area contributed by atoms with Crippen molar-refractivity contribution in [2.75, 3.05) is 28.6 Å². The minimum atomic E-state index is -1.01. The van der Waals surface area contributed by atoms with Gasteiger partial charge in [-0.15, -0.1) is 0 Å². The number of nitrogens with one attached hydrogen (secondary N) is 2. The van der Waals surface area contributed by atoms with Crippen LogP contribution in [0.3, 0.4) is 0 Å². The molecule has 2 aliphatic heterocycles.